The topological polar surface area (TPSA) is 127 Å². The Morgan fingerprint density at radius 1 is 1.06 bits per heavy atom. The minimum atomic E-state index is -1.07. The van der Waals surface area contributed by atoms with Crippen LogP contribution in [0.25, 0.3) is 21.7 Å². The molecule has 0 fully saturated rings. The second-order valence-electron chi connectivity index (χ2n) is 7.70. The predicted octanol–water partition coefficient (Wildman–Crippen LogP) is 4.55. The number of aromatic carboxylic acids is 1. The largest absolute Gasteiger partial charge is 0.477 e. The number of halogens is 1. The molecule has 9 heteroatoms. The van der Waals surface area contributed by atoms with Crippen molar-refractivity contribution in [3.63, 3.8) is 0 Å². The molecule has 3 aromatic carbocycles. The number of rotatable bonds is 6. The number of carboxylic acid groups (broad SMARTS) is 1. The van der Waals surface area contributed by atoms with E-state index in [1.54, 1.807) is 34.9 Å². The highest BCUT2D eigenvalue weighted by Crippen LogP contribution is 2.30. The minimum Gasteiger partial charge on any atom is -0.477 e. The second-order valence-corrected chi connectivity index (χ2v) is 7.70. The molecule has 0 spiro atoms. The number of nitrogens with two attached hydrogens (primary N) is 1. The van der Waals surface area contributed by atoms with Gasteiger partial charge in [0.1, 0.15) is 17.3 Å². The highest BCUT2D eigenvalue weighted by molar-refractivity contribution is 6.01. The summed E-state index contributed by atoms with van der Waals surface area (Å²) >= 11 is 0. The average molecular weight is 455 g/mol. The first-order valence-electron chi connectivity index (χ1n) is 10.3. The summed E-state index contributed by atoms with van der Waals surface area (Å²) in [5.41, 5.74) is 7.70. The van der Waals surface area contributed by atoms with Gasteiger partial charge in [-0.1, -0.05) is 36.4 Å². The molecular weight excluding hydrogens is 437 g/mol. The number of amidine groups is 1. The van der Waals surface area contributed by atoms with Crippen LogP contribution in [0.3, 0.4) is 0 Å². The van der Waals surface area contributed by atoms with Gasteiger partial charge >= 0.3 is 12.0 Å². The minimum absolute atomic E-state index is 0.00799. The maximum Gasteiger partial charge on any atom is 0.352 e. The lowest BCUT2D eigenvalue weighted by molar-refractivity contribution is 0.0686. The van der Waals surface area contributed by atoms with Gasteiger partial charge in [-0.25, -0.2) is 19.2 Å². The van der Waals surface area contributed by atoms with Crippen LogP contribution in [0.5, 0.6) is 11.8 Å². The van der Waals surface area contributed by atoms with Gasteiger partial charge in [0.2, 0.25) is 0 Å². The molecule has 0 bridgehead atoms. The lowest BCUT2D eigenvalue weighted by Gasteiger charge is -2.14. The van der Waals surface area contributed by atoms with Gasteiger partial charge in [-0.15, -0.1) is 0 Å². The Morgan fingerprint density at radius 3 is 2.56 bits per heavy atom. The van der Waals surface area contributed by atoms with E-state index in [2.05, 4.69) is 9.97 Å². The van der Waals surface area contributed by atoms with Crippen molar-refractivity contribution in [2.75, 3.05) is 0 Å². The molecule has 168 valence electrons. The van der Waals surface area contributed by atoms with Crippen LogP contribution < -0.4 is 10.5 Å². The molecule has 5 rings (SSSR count). The molecule has 0 aliphatic heterocycles. The predicted molar refractivity (Wildman–Crippen MR) is 125 cm³/mol. The lowest BCUT2D eigenvalue weighted by atomic mass is 10.0. The third-order valence-electron chi connectivity index (χ3n) is 5.49. The van der Waals surface area contributed by atoms with Gasteiger partial charge in [0.05, 0.1) is 12.4 Å². The molecule has 2 aromatic heterocycles. The molecule has 0 saturated carbocycles. The Labute approximate surface area is 192 Å². The highest BCUT2D eigenvalue weighted by Gasteiger charge is 2.17. The zero-order chi connectivity index (χ0) is 23.8. The number of aromatic nitrogens is 3. The van der Waals surface area contributed by atoms with Crippen molar-refractivity contribution in [2.45, 2.75) is 6.54 Å². The van der Waals surface area contributed by atoms with Gasteiger partial charge in [-0.3, -0.25) is 5.41 Å². The molecule has 2 heterocycles. The summed E-state index contributed by atoms with van der Waals surface area (Å²) in [4.78, 5) is 19.7. The van der Waals surface area contributed by atoms with Crippen molar-refractivity contribution >= 4 is 33.5 Å². The number of carbonyl (C=O) groups is 1. The summed E-state index contributed by atoms with van der Waals surface area (Å²) < 4.78 is 20.6. The van der Waals surface area contributed by atoms with Crippen LogP contribution in [0.2, 0.25) is 0 Å². The molecule has 0 unspecified atom stereocenters. The molecule has 0 radical (unpaired) electrons. The van der Waals surface area contributed by atoms with E-state index in [-0.39, 0.29) is 24.1 Å². The second kappa shape index (κ2) is 8.28. The van der Waals surface area contributed by atoms with Crippen LogP contribution in [-0.4, -0.2) is 31.4 Å². The molecule has 8 nitrogen and oxygen atoms in total. The third kappa shape index (κ3) is 3.90. The zero-order valence-electron chi connectivity index (χ0n) is 17.7. The molecule has 0 aliphatic rings. The first kappa shape index (κ1) is 21.1. The maximum atomic E-state index is 13.2. The van der Waals surface area contributed by atoms with Gasteiger partial charge in [0.15, 0.2) is 5.82 Å². The van der Waals surface area contributed by atoms with Crippen molar-refractivity contribution in [1.29, 1.82) is 5.41 Å². The number of fused-ring (bicyclic) bond motifs is 2. The van der Waals surface area contributed by atoms with Crippen molar-refractivity contribution < 1.29 is 19.0 Å². The monoisotopic (exact) mass is 455 g/mol. The Morgan fingerprint density at radius 2 is 1.82 bits per heavy atom. The molecular formula is C25H18FN5O3. The lowest BCUT2D eigenvalue weighted by Crippen LogP contribution is -2.12. The van der Waals surface area contributed by atoms with Crippen LogP contribution in [0.15, 0.2) is 73.1 Å². The third-order valence-corrected chi connectivity index (χ3v) is 5.49. The Hall–Kier alpha value is -4.79. The van der Waals surface area contributed by atoms with Gasteiger partial charge in [-0.05, 0) is 40.6 Å². The molecule has 0 atom stereocenters. The van der Waals surface area contributed by atoms with Gasteiger partial charge < -0.3 is 20.1 Å². The fourth-order valence-corrected chi connectivity index (χ4v) is 3.95. The average Bonchev–Trinajstić information content (AvgIpc) is 3.18. The van der Waals surface area contributed by atoms with Crippen molar-refractivity contribution in [3.05, 3.63) is 95.7 Å². The number of carboxylic acids is 1. The summed E-state index contributed by atoms with van der Waals surface area (Å²) in [5, 5.41) is 20.1. The molecule has 5 aromatic rings. The zero-order valence-corrected chi connectivity index (χ0v) is 17.7. The fourth-order valence-electron chi connectivity index (χ4n) is 3.95. The summed E-state index contributed by atoms with van der Waals surface area (Å²) in [6.07, 6.45) is 2.03. The molecule has 0 saturated heterocycles. The molecule has 0 amide bonds. The van der Waals surface area contributed by atoms with E-state index in [1.165, 1.54) is 0 Å². The quantitative estimate of drug-likeness (QED) is 0.255. The molecule has 0 aliphatic carbocycles. The molecule has 4 N–H and O–H groups in total. The van der Waals surface area contributed by atoms with E-state index in [0.717, 1.165) is 34.1 Å². The van der Waals surface area contributed by atoms with Crippen molar-refractivity contribution in [3.8, 4) is 11.8 Å². The Balaban J connectivity index is 1.65. The van der Waals surface area contributed by atoms with E-state index in [4.69, 9.17) is 15.9 Å². The number of nitrogens with zero attached hydrogens (tertiary/aromatic N) is 3. The van der Waals surface area contributed by atoms with Crippen molar-refractivity contribution in [1.82, 2.24) is 14.5 Å². The number of nitrogen functional groups attached to an aromatic ring is 1. The van der Waals surface area contributed by atoms with Crippen molar-refractivity contribution in [2.24, 2.45) is 5.73 Å². The summed E-state index contributed by atoms with van der Waals surface area (Å²) in [7, 11) is 0. The van der Waals surface area contributed by atoms with Crippen LogP contribution in [0.4, 0.5) is 4.39 Å². The first-order chi connectivity index (χ1) is 16.4. The number of ether oxygens (including phenoxy) is 1. The van der Waals surface area contributed by atoms with Crippen LogP contribution in [-0.2, 0) is 6.54 Å². The normalized spacial score (nSPS) is 11.1. The van der Waals surface area contributed by atoms with Gasteiger partial charge in [-0.2, -0.15) is 0 Å². The Bertz CT molecular complexity index is 1580. The van der Waals surface area contributed by atoms with E-state index >= 15 is 0 Å². The SMILES string of the molecule is N=C(N)c1ccc2cc(C(=O)O)n(Cc3cc(Oc4ncc(F)cn4)cc4ccccc34)c2c1. The molecule has 34 heavy (non-hydrogen) atoms. The van der Waals surface area contributed by atoms with E-state index < -0.39 is 11.8 Å². The summed E-state index contributed by atoms with van der Waals surface area (Å²) in [6.45, 7) is 0.217. The highest BCUT2D eigenvalue weighted by atomic mass is 19.1. The summed E-state index contributed by atoms with van der Waals surface area (Å²) in [6, 6.07) is 18.0. The van der Waals surface area contributed by atoms with Crippen LogP contribution in [0, 0.1) is 11.2 Å². The number of hydrogen-bond donors (Lipinski definition) is 3. The summed E-state index contributed by atoms with van der Waals surface area (Å²) in [5.74, 6) is -1.32. The van der Waals surface area contributed by atoms with E-state index in [0.29, 0.717) is 16.8 Å². The maximum absolute atomic E-state index is 13.2. The number of hydrogen-bond acceptors (Lipinski definition) is 5. The van der Waals surface area contributed by atoms with Gasteiger partial charge in [0.25, 0.3) is 0 Å². The number of benzene rings is 3. The first-order valence-corrected chi connectivity index (χ1v) is 10.3. The van der Waals surface area contributed by atoms with Crippen LogP contribution in [0.1, 0.15) is 21.6 Å². The van der Waals surface area contributed by atoms with E-state index in [1.807, 2.05) is 30.3 Å². The van der Waals surface area contributed by atoms with Gasteiger partial charge in [0, 0.05) is 23.0 Å². The number of nitrogens with one attached hydrogen (secondary N) is 1. The standard InChI is InChI=1S/C25H18FN5O3/c26-18-11-29-25(30-12-18)34-19-7-14-3-1-2-4-20(14)17(8-19)13-31-21-10-16(23(27)28)6-5-15(21)9-22(31)24(32)33/h1-12H,13H2,(H3,27,28)(H,32,33). The Kier molecular flexibility index (Phi) is 5.14. The van der Waals surface area contributed by atoms with Crippen LogP contribution >= 0.6 is 0 Å². The van der Waals surface area contributed by atoms with E-state index in [9.17, 15) is 14.3 Å². The smallest absolute Gasteiger partial charge is 0.352 e. The fraction of sp³-hybridized carbons (Fsp3) is 0.0400.